The van der Waals surface area contributed by atoms with Gasteiger partial charge >= 0.3 is 0 Å². The second-order valence-electron chi connectivity index (χ2n) is 2.57. The highest BCUT2D eigenvalue weighted by molar-refractivity contribution is 7.80. The zero-order valence-corrected chi connectivity index (χ0v) is 8.05. The average molecular weight is 200 g/mol. The number of H-pyrrole nitrogens is 1. The number of carbonyl (C=O) groups is 1. The fourth-order valence-electron chi connectivity index (χ4n) is 0.858. The van der Waals surface area contributed by atoms with Crippen molar-refractivity contribution in [1.82, 2.24) is 15.2 Å². The van der Waals surface area contributed by atoms with Crippen LogP contribution in [0.15, 0.2) is 6.33 Å². The molecular formula is C7H12N4OS. The normalized spacial score (nSPS) is 9.92. The van der Waals surface area contributed by atoms with Crippen LogP contribution in [0.3, 0.4) is 0 Å². The molecule has 0 aromatic carbocycles. The molecule has 6 heteroatoms. The van der Waals surface area contributed by atoms with Crippen molar-refractivity contribution in [1.29, 1.82) is 0 Å². The van der Waals surface area contributed by atoms with Gasteiger partial charge in [-0.2, -0.15) is 12.6 Å². The van der Waals surface area contributed by atoms with Gasteiger partial charge in [0.2, 0.25) is 11.9 Å². The molecule has 0 saturated carbocycles. The average Bonchev–Trinajstić information content (AvgIpc) is 2.57. The minimum atomic E-state index is -0.0430. The fraction of sp³-hybridized carbons (Fsp3) is 0.571. The number of hydrogen-bond acceptors (Lipinski definition) is 4. The molecule has 1 rings (SSSR count). The number of nitrogens with zero attached hydrogens (tertiary/aromatic N) is 2. The Morgan fingerprint density at radius 2 is 2.46 bits per heavy atom. The summed E-state index contributed by atoms with van der Waals surface area (Å²) in [4.78, 5) is 13.9. The maximum atomic E-state index is 11.2. The lowest BCUT2D eigenvalue weighted by atomic mass is 10.2. The van der Waals surface area contributed by atoms with Crippen LogP contribution in [0, 0.1) is 0 Å². The molecule has 13 heavy (non-hydrogen) atoms. The molecule has 0 spiro atoms. The van der Waals surface area contributed by atoms with Crippen LogP contribution < -0.4 is 5.32 Å². The smallest absolute Gasteiger partial charge is 0.228 e. The molecule has 0 aliphatic heterocycles. The van der Waals surface area contributed by atoms with E-state index in [4.69, 9.17) is 0 Å². The Balaban J connectivity index is 2.18. The molecule has 0 aliphatic rings. The van der Waals surface area contributed by atoms with Crippen LogP contribution in [0.25, 0.3) is 0 Å². The number of anilines is 1. The molecule has 0 fully saturated rings. The zero-order valence-electron chi connectivity index (χ0n) is 7.16. The maximum Gasteiger partial charge on any atom is 0.228 e. The maximum absolute atomic E-state index is 11.2. The highest BCUT2D eigenvalue weighted by atomic mass is 32.1. The van der Waals surface area contributed by atoms with E-state index in [1.54, 1.807) is 0 Å². The summed E-state index contributed by atoms with van der Waals surface area (Å²) in [6.45, 7) is 0. The summed E-state index contributed by atoms with van der Waals surface area (Å²) in [5.74, 6) is 1.17. The summed E-state index contributed by atoms with van der Waals surface area (Å²) < 4.78 is 0. The summed E-state index contributed by atoms with van der Waals surface area (Å²) in [5, 5.41) is 9.76. The van der Waals surface area contributed by atoms with Crippen molar-refractivity contribution < 1.29 is 4.79 Å². The van der Waals surface area contributed by atoms with E-state index in [0.29, 0.717) is 12.4 Å². The molecule has 1 heterocycles. The first kappa shape index (κ1) is 10.0. The van der Waals surface area contributed by atoms with Crippen molar-refractivity contribution in [2.45, 2.75) is 19.3 Å². The van der Waals surface area contributed by atoms with Gasteiger partial charge < -0.3 is 4.98 Å². The Morgan fingerprint density at radius 3 is 3.08 bits per heavy atom. The van der Waals surface area contributed by atoms with E-state index in [1.165, 1.54) is 6.33 Å². The third-order valence-corrected chi connectivity index (χ3v) is 1.80. The second-order valence-corrected chi connectivity index (χ2v) is 3.01. The molecule has 0 bridgehead atoms. The van der Waals surface area contributed by atoms with Gasteiger partial charge in [-0.3, -0.25) is 10.1 Å². The number of amides is 1. The first-order chi connectivity index (χ1) is 6.33. The summed E-state index contributed by atoms with van der Waals surface area (Å²) in [6, 6.07) is 0. The minimum Gasteiger partial charge on any atom is -0.314 e. The lowest BCUT2D eigenvalue weighted by molar-refractivity contribution is -0.116. The monoisotopic (exact) mass is 200 g/mol. The number of thiol groups is 1. The summed E-state index contributed by atoms with van der Waals surface area (Å²) >= 11 is 4.05. The van der Waals surface area contributed by atoms with E-state index < -0.39 is 0 Å². The molecular weight excluding hydrogens is 188 g/mol. The predicted molar refractivity (Wildman–Crippen MR) is 52.7 cm³/mol. The van der Waals surface area contributed by atoms with Crippen molar-refractivity contribution >= 4 is 24.5 Å². The Morgan fingerprint density at radius 1 is 1.62 bits per heavy atom. The van der Waals surface area contributed by atoms with Crippen LogP contribution >= 0.6 is 12.6 Å². The van der Waals surface area contributed by atoms with Crippen molar-refractivity contribution in [2.75, 3.05) is 11.1 Å². The van der Waals surface area contributed by atoms with Crippen LogP contribution in [0.1, 0.15) is 19.3 Å². The molecule has 1 aromatic heterocycles. The third kappa shape index (κ3) is 3.93. The number of nitrogens with one attached hydrogen (secondary N) is 2. The topological polar surface area (TPSA) is 70.7 Å². The molecule has 0 unspecified atom stereocenters. The standard InChI is InChI=1S/C7H12N4OS/c12-6(3-1-2-4-13)10-7-8-5-9-11-7/h5,13H,1-4H2,(H2,8,9,10,11,12). The van der Waals surface area contributed by atoms with Crippen LogP contribution in [-0.4, -0.2) is 26.8 Å². The van der Waals surface area contributed by atoms with Gasteiger partial charge in [0.25, 0.3) is 0 Å². The zero-order chi connectivity index (χ0) is 9.52. The first-order valence-corrected chi connectivity index (χ1v) is 4.73. The lowest BCUT2D eigenvalue weighted by Crippen LogP contribution is -2.12. The number of hydrogen-bond donors (Lipinski definition) is 3. The van der Waals surface area contributed by atoms with Crippen molar-refractivity contribution in [3.05, 3.63) is 6.33 Å². The van der Waals surface area contributed by atoms with Crippen LogP contribution in [0.2, 0.25) is 0 Å². The molecule has 72 valence electrons. The number of carbonyl (C=O) groups excluding carboxylic acids is 1. The molecule has 0 atom stereocenters. The van der Waals surface area contributed by atoms with Gasteiger partial charge in [-0.15, -0.1) is 10.2 Å². The Kier molecular flexibility index (Phi) is 4.31. The molecule has 2 N–H and O–H groups in total. The van der Waals surface area contributed by atoms with E-state index in [1.807, 2.05) is 0 Å². The largest absolute Gasteiger partial charge is 0.314 e. The molecule has 0 aliphatic carbocycles. The molecule has 5 nitrogen and oxygen atoms in total. The second kappa shape index (κ2) is 5.58. The summed E-state index contributed by atoms with van der Waals surface area (Å²) in [5.41, 5.74) is 0. The van der Waals surface area contributed by atoms with Gasteiger partial charge in [-0.1, -0.05) is 0 Å². The SMILES string of the molecule is O=C(CCCCS)Nc1nnc[nH]1. The predicted octanol–water partition coefficient (Wildman–Crippen LogP) is 0.843. The van der Waals surface area contributed by atoms with Crippen LogP contribution in [0.4, 0.5) is 5.95 Å². The van der Waals surface area contributed by atoms with E-state index in [2.05, 4.69) is 33.1 Å². The van der Waals surface area contributed by atoms with Gasteiger partial charge in [0, 0.05) is 6.42 Å². The minimum absolute atomic E-state index is 0.0430. The molecule has 0 saturated heterocycles. The van der Waals surface area contributed by atoms with E-state index >= 15 is 0 Å². The van der Waals surface area contributed by atoms with Gasteiger partial charge in [-0.25, -0.2) is 0 Å². The number of aromatic nitrogens is 3. The van der Waals surface area contributed by atoms with Crippen LogP contribution in [0.5, 0.6) is 0 Å². The number of unbranched alkanes of at least 4 members (excludes halogenated alkanes) is 1. The highest BCUT2D eigenvalue weighted by Crippen LogP contribution is 2.00. The van der Waals surface area contributed by atoms with Crippen LogP contribution in [-0.2, 0) is 4.79 Å². The molecule has 1 amide bonds. The number of aromatic amines is 1. The fourth-order valence-corrected chi connectivity index (χ4v) is 1.08. The third-order valence-electron chi connectivity index (χ3n) is 1.49. The molecule has 0 radical (unpaired) electrons. The molecule has 1 aromatic rings. The van der Waals surface area contributed by atoms with Gasteiger partial charge in [0.15, 0.2) is 0 Å². The van der Waals surface area contributed by atoms with Crippen molar-refractivity contribution in [2.24, 2.45) is 0 Å². The van der Waals surface area contributed by atoms with E-state index in [0.717, 1.165) is 18.6 Å². The van der Waals surface area contributed by atoms with Crippen molar-refractivity contribution in [3.8, 4) is 0 Å². The first-order valence-electron chi connectivity index (χ1n) is 4.09. The Labute approximate surface area is 81.7 Å². The van der Waals surface area contributed by atoms with E-state index in [9.17, 15) is 4.79 Å². The van der Waals surface area contributed by atoms with Crippen molar-refractivity contribution in [3.63, 3.8) is 0 Å². The Bertz CT molecular complexity index is 249. The number of rotatable bonds is 5. The summed E-state index contributed by atoms with van der Waals surface area (Å²) in [7, 11) is 0. The highest BCUT2D eigenvalue weighted by Gasteiger charge is 2.02. The lowest BCUT2D eigenvalue weighted by Gasteiger charge is -1.99. The van der Waals surface area contributed by atoms with Gasteiger partial charge in [0.1, 0.15) is 6.33 Å². The van der Waals surface area contributed by atoms with Gasteiger partial charge in [-0.05, 0) is 18.6 Å². The quantitative estimate of drug-likeness (QED) is 0.487. The Hall–Kier alpha value is -1.04. The summed E-state index contributed by atoms with van der Waals surface area (Å²) in [6.07, 6.45) is 3.72. The van der Waals surface area contributed by atoms with Gasteiger partial charge in [0.05, 0.1) is 0 Å². The van der Waals surface area contributed by atoms with E-state index in [-0.39, 0.29) is 5.91 Å².